The average molecular weight is 231 g/mol. The van der Waals surface area contributed by atoms with Crippen LogP contribution in [0.2, 0.25) is 0 Å². The quantitative estimate of drug-likeness (QED) is 0.841. The van der Waals surface area contributed by atoms with Crippen molar-refractivity contribution in [2.45, 2.75) is 32.2 Å². The molecular formula is C15H21NO. The minimum Gasteiger partial charge on any atom is -0.496 e. The second kappa shape index (κ2) is 5.87. The molecule has 0 saturated heterocycles. The molecule has 1 aliphatic heterocycles. The van der Waals surface area contributed by atoms with Gasteiger partial charge in [-0.25, -0.2) is 0 Å². The maximum Gasteiger partial charge on any atom is 0.109 e. The first-order valence-corrected chi connectivity index (χ1v) is 6.35. The molecule has 0 amide bonds. The summed E-state index contributed by atoms with van der Waals surface area (Å²) in [5, 5.41) is 3.34. The van der Waals surface area contributed by atoms with E-state index in [9.17, 15) is 0 Å². The molecule has 1 heterocycles. The summed E-state index contributed by atoms with van der Waals surface area (Å²) in [7, 11) is 2.00. The van der Waals surface area contributed by atoms with Gasteiger partial charge >= 0.3 is 0 Å². The number of rotatable bonds is 5. The Bertz CT molecular complexity index is 398. The van der Waals surface area contributed by atoms with Gasteiger partial charge in [0, 0.05) is 6.42 Å². The van der Waals surface area contributed by atoms with Gasteiger partial charge in [-0.2, -0.15) is 0 Å². The summed E-state index contributed by atoms with van der Waals surface area (Å²) in [4.78, 5) is 0. The van der Waals surface area contributed by atoms with Crippen molar-refractivity contribution in [3.63, 3.8) is 0 Å². The highest BCUT2D eigenvalue weighted by Gasteiger charge is 2.16. The Morgan fingerprint density at radius 2 is 2.29 bits per heavy atom. The number of ether oxygens (including phenoxy) is 1. The van der Waals surface area contributed by atoms with Crippen LogP contribution in [0.5, 0.6) is 0 Å². The lowest BCUT2D eigenvalue weighted by Crippen LogP contribution is -2.28. The average Bonchev–Trinajstić information content (AvgIpc) is 2.84. The largest absolute Gasteiger partial charge is 0.496 e. The van der Waals surface area contributed by atoms with Gasteiger partial charge < -0.3 is 10.1 Å². The van der Waals surface area contributed by atoms with Crippen LogP contribution in [0.25, 0.3) is 0 Å². The van der Waals surface area contributed by atoms with Crippen LogP contribution in [0.15, 0.2) is 36.1 Å². The molecule has 0 fully saturated rings. The Morgan fingerprint density at radius 1 is 1.41 bits per heavy atom. The first-order chi connectivity index (χ1) is 8.29. The van der Waals surface area contributed by atoms with E-state index in [1.165, 1.54) is 11.1 Å². The molecule has 1 atom stereocenters. The van der Waals surface area contributed by atoms with Gasteiger partial charge in [-0.1, -0.05) is 29.8 Å². The van der Waals surface area contributed by atoms with Crippen molar-refractivity contribution in [1.29, 1.82) is 0 Å². The van der Waals surface area contributed by atoms with Gasteiger partial charge in [-0.3, -0.25) is 0 Å². The standard InChI is InChI=1S/C15H21NO/c1-12-5-3-6-13(11-12)8-9-14(16-2)15-7-4-10-17-15/h3,5-7,11,14,16H,4,8-10H2,1-2H3. The van der Waals surface area contributed by atoms with Gasteiger partial charge in [0.25, 0.3) is 0 Å². The third-order valence-corrected chi connectivity index (χ3v) is 3.23. The monoisotopic (exact) mass is 231 g/mol. The summed E-state index contributed by atoms with van der Waals surface area (Å²) >= 11 is 0. The molecule has 1 unspecified atom stereocenters. The zero-order valence-corrected chi connectivity index (χ0v) is 10.7. The Hall–Kier alpha value is -1.28. The number of hydrogen-bond donors (Lipinski definition) is 1. The molecule has 1 aromatic rings. The SMILES string of the molecule is CNC(CCc1cccc(C)c1)C1=CCCO1. The van der Waals surface area contributed by atoms with Crippen molar-refractivity contribution in [2.24, 2.45) is 0 Å². The Morgan fingerprint density at radius 3 is 2.94 bits per heavy atom. The van der Waals surface area contributed by atoms with Crippen LogP contribution < -0.4 is 5.32 Å². The summed E-state index contributed by atoms with van der Waals surface area (Å²) < 4.78 is 5.62. The Kier molecular flexibility index (Phi) is 4.21. The van der Waals surface area contributed by atoms with Gasteiger partial charge in [0.05, 0.1) is 12.6 Å². The smallest absolute Gasteiger partial charge is 0.109 e. The normalized spacial score (nSPS) is 16.5. The van der Waals surface area contributed by atoms with E-state index < -0.39 is 0 Å². The predicted octanol–water partition coefficient (Wildman–Crippen LogP) is 2.82. The molecule has 1 N–H and O–H groups in total. The number of nitrogens with one attached hydrogen (secondary N) is 1. The van der Waals surface area contributed by atoms with Crippen LogP contribution in [0, 0.1) is 6.92 Å². The van der Waals surface area contributed by atoms with Crippen LogP contribution in [0.4, 0.5) is 0 Å². The van der Waals surface area contributed by atoms with E-state index in [1.807, 2.05) is 7.05 Å². The van der Waals surface area contributed by atoms with Crippen LogP contribution in [0.3, 0.4) is 0 Å². The number of likely N-dealkylation sites (N-methyl/N-ethyl adjacent to an activating group) is 1. The van der Waals surface area contributed by atoms with Crippen LogP contribution >= 0.6 is 0 Å². The maximum absolute atomic E-state index is 5.62. The second-order valence-electron chi connectivity index (χ2n) is 4.61. The number of aryl methyl sites for hydroxylation is 2. The second-order valence-corrected chi connectivity index (χ2v) is 4.61. The third kappa shape index (κ3) is 3.34. The van der Waals surface area contributed by atoms with Crippen molar-refractivity contribution in [1.82, 2.24) is 5.32 Å². The van der Waals surface area contributed by atoms with Gasteiger partial charge in [-0.15, -0.1) is 0 Å². The van der Waals surface area contributed by atoms with E-state index >= 15 is 0 Å². The van der Waals surface area contributed by atoms with E-state index in [2.05, 4.69) is 42.6 Å². The van der Waals surface area contributed by atoms with Gasteiger partial charge in [0.1, 0.15) is 5.76 Å². The van der Waals surface area contributed by atoms with Crippen molar-refractivity contribution < 1.29 is 4.74 Å². The van der Waals surface area contributed by atoms with Gasteiger partial charge in [0.2, 0.25) is 0 Å². The molecule has 1 aliphatic rings. The van der Waals surface area contributed by atoms with E-state index in [0.29, 0.717) is 6.04 Å². The lowest BCUT2D eigenvalue weighted by atomic mass is 10.0. The predicted molar refractivity (Wildman–Crippen MR) is 71.0 cm³/mol. The molecule has 17 heavy (non-hydrogen) atoms. The first-order valence-electron chi connectivity index (χ1n) is 6.35. The van der Waals surface area contributed by atoms with E-state index in [1.54, 1.807) is 0 Å². The van der Waals surface area contributed by atoms with Crippen molar-refractivity contribution in [3.05, 3.63) is 47.2 Å². The molecule has 0 aromatic heterocycles. The summed E-state index contributed by atoms with van der Waals surface area (Å²) in [5.41, 5.74) is 2.74. The highest BCUT2D eigenvalue weighted by molar-refractivity contribution is 5.22. The first kappa shape index (κ1) is 12.2. The molecule has 1 aromatic carbocycles. The zero-order valence-electron chi connectivity index (χ0n) is 10.7. The van der Waals surface area contributed by atoms with Gasteiger partial charge in [-0.05, 0) is 38.5 Å². The topological polar surface area (TPSA) is 21.3 Å². The highest BCUT2D eigenvalue weighted by Crippen LogP contribution is 2.17. The minimum atomic E-state index is 0.359. The van der Waals surface area contributed by atoms with Crippen LogP contribution in [-0.2, 0) is 11.2 Å². The molecule has 0 aliphatic carbocycles. The van der Waals surface area contributed by atoms with E-state index in [-0.39, 0.29) is 0 Å². The molecule has 0 spiro atoms. The van der Waals surface area contributed by atoms with E-state index in [0.717, 1.165) is 31.6 Å². The maximum atomic E-state index is 5.62. The summed E-state index contributed by atoms with van der Waals surface area (Å²) in [5.74, 6) is 1.13. The fraction of sp³-hybridized carbons (Fsp3) is 0.467. The lowest BCUT2D eigenvalue weighted by Gasteiger charge is -2.17. The highest BCUT2D eigenvalue weighted by atomic mass is 16.5. The summed E-state index contributed by atoms with van der Waals surface area (Å²) in [6.45, 7) is 2.99. The molecule has 0 radical (unpaired) electrons. The van der Waals surface area contributed by atoms with Crippen LogP contribution in [0.1, 0.15) is 24.0 Å². The molecular weight excluding hydrogens is 210 g/mol. The molecule has 92 valence electrons. The third-order valence-electron chi connectivity index (χ3n) is 3.23. The van der Waals surface area contributed by atoms with Crippen molar-refractivity contribution in [2.75, 3.05) is 13.7 Å². The molecule has 2 heteroatoms. The number of hydrogen-bond acceptors (Lipinski definition) is 2. The Balaban J connectivity index is 1.91. The molecule has 2 nitrogen and oxygen atoms in total. The summed E-state index contributed by atoms with van der Waals surface area (Å²) in [6, 6.07) is 9.09. The molecule has 0 saturated carbocycles. The van der Waals surface area contributed by atoms with Crippen LogP contribution in [-0.4, -0.2) is 19.7 Å². The van der Waals surface area contributed by atoms with Crippen molar-refractivity contribution in [3.8, 4) is 0 Å². The fourth-order valence-corrected chi connectivity index (χ4v) is 2.29. The van der Waals surface area contributed by atoms with Gasteiger partial charge in [0.15, 0.2) is 0 Å². The molecule has 0 bridgehead atoms. The summed E-state index contributed by atoms with van der Waals surface area (Å²) in [6.07, 6.45) is 5.44. The number of benzene rings is 1. The van der Waals surface area contributed by atoms with E-state index in [4.69, 9.17) is 4.74 Å². The van der Waals surface area contributed by atoms with Crippen molar-refractivity contribution >= 4 is 0 Å². The Labute approximate surface area is 104 Å². The molecule has 2 rings (SSSR count). The minimum absolute atomic E-state index is 0.359. The zero-order chi connectivity index (χ0) is 12.1. The fourth-order valence-electron chi connectivity index (χ4n) is 2.29. The lowest BCUT2D eigenvalue weighted by molar-refractivity contribution is 0.214.